The van der Waals surface area contributed by atoms with Gasteiger partial charge in [0.05, 0.1) is 4.90 Å². The maximum Gasteiger partial charge on any atom is 0.290 e. The van der Waals surface area contributed by atoms with Gasteiger partial charge < -0.3 is 0 Å². The minimum absolute atomic E-state index is 0.0195. The van der Waals surface area contributed by atoms with E-state index in [0.717, 1.165) is 11.8 Å². The summed E-state index contributed by atoms with van der Waals surface area (Å²) in [6.07, 6.45) is 1.56. The first-order chi connectivity index (χ1) is 9.66. The van der Waals surface area contributed by atoms with Gasteiger partial charge in [0.15, 0.2) is 5.17 Å². The molecule has 0 radical (unpaired) electrons. The van der Waals surface area contributed by atoms with E-state index >= 15 is 0 Å². The minimum atomic E-state index is -3.90. The zero-order valence-corrected chi connectivity index (χ0v) is 14.4. The summed E-state index contributed by atoms with van der Waals surface area (Å²) in [5, 5.41) is -0.0820. The van der Waals surface area contributed by atoms with Crippen molar-refractivity contribution >= 4 is 67.7 Å². The quantitative estimate of drug-likeness (QED) is 0.349. The average molecular weight is 391 g/mol. The lowest BCUT2D eigenvalue weighted by molar-refractivity contribution is -0.120. The van der Waals surface area contributed by atoms with Gasteiger partial charge in [0, 0.05) is 0 Å². The van der Waals surface area contributed by atoms with Crippen molar-refractivity contribution in [2.75, 3.05) is 6.26 Å². The maximum absolute atomic E-state index is 12.0. The third-order valence-corrected chi connectivity index (χ3v) is 4.48. The van der Waals surface area contributed by atoms with Crippen LogP contribution in [0.5, 0.6) is 0 Å². The van der Waals surface area contributed by atoms with Crippen LogP contribution in [0.4, 0.5) is 0 Å². The van der Waals surface area contributed by atoms with Crippen LogP contribution in [0.15, 0.2) is 39.6 Å². The number of thioether (sulfide) groups is 1. The van der Waals surface area contributed by atoms with Gasteiger partial charge in [-0.05, 0) is 18.4 Å². The van der Waals surface area contributed by atoms with Crippen LogP contribution in [-0.2, 0) is 14.8 Å². The van der Waals surface area contributed by atoms with E-state index in [-0.39, 0.29) is 10.1 Å². The summed E-state index contributed by atoms with van der Waals surface area (Å²) < 4.78 is 25.4. The summed E-state index contributed by atoms with van der Waals surface area (Å²) in [5.41, 5.74) is 4.33. The fraction of sp³-hybridized carbons (Fsp3) is 0.200. The fourth-order valence-electron chi connectivity index (χ4n) is 1.05. The van der Waals surface area contributed by atoms with Crippen molar-refractivity contribution in [2.45, 2.75) is 8.69 Å². The smallest absolute Gasteiger partial charge is 0.276 e. The number of rotatable bonds is 2. The molecule has 2 N–H and O–H groups in total. The van der Waals surface area contributed by atoms with Crippen LogP contribution >= 0.6 is 46.6 Å². The third kappa shape index (κ3) is 5.91. The summed E-state index contributed by atoms with van der Waals surface area (Å²) in [4.78, 5) is 11.4. The number of benzene rings is 1. The van der Waals surface area contributed by atoms with Crippen molar-refractivity contribution < 1.29 is 13.2 Å². The van der Waals surface area contributed by atoms with Gasteiger partial charge >= 0.3 is 0 Å². The zero-order chi connectivity index (χ0) is 16.1. The number of hydrazine groups is 1. The molecule has 0 unspecified atom stereocenters. The van der Waals surface area contributed by atoms with Crippen LogP contribution in [-0.4, -0.2) is 29.5 Å². The summed E-state index contributed by atoms with van der Waals surface area (Å²) in [5.74, 6) is -0.966. The number of alkyl halides is 3. The average Bonchev–Trinajstić information content (AvgIpc) is 2.42. The van der Waals surface area contributed by atoms with Crippen molar-refractivity contribution in [3.05, 3.63) is 30.3 Å². The molecule has 0 aliphatic carbocycles. The molecule has 11 heteroatoms. The van der Waals surface area contributed by atoms with Gasteiger partial charge in [0.2, 0.25) is 0 Å². The number of carbonyl (C=O) groups is 1. The van der Waals surface area contributed by atoms with E-state index in [1.165, 1.54) is 12.1 Å². The first kappa shape index (κ1) is 18.4. The molecule has 0 aromatic heterocycles. The number of carbonyl (C=O) groups excluding carboxylic acids is 1. The highest BCUT2D eigenvalue weighted by Gasteiger charge is 2.30. The third-order valence-electron chi connectivity index (χ3n) is 1.98. The van der Waals surface area contributed by atoms with Crippen LogP contribution in [0.2, 0.25) is 0 Å². The second-order valence-corrected chi connectivity index (χ2v) is 8.15. The SMILES string of the molecule is CSC(=NS(=O)(=O)c1ccccc1)NNC(=O)C(Cl)(Cl)Cl. The molecule has 0 saturated heterocycles. The molecule has 0 heterocycles. The van der Waals surface area contributed by atoms with E-state index in [4.69, 9.17) is 34.8 Å². The Kier molecular flexibility index (Phi) is 6.61. The molecule has 0 aliphatic rings. The predicted octanol–water partition coefficient (Wildman–Crippen LogP) is 2.09. The number of hydrogen-bond donors (Lipinski definition) is 2. The first-order valence-electron chi connectivity index (χ1n) is 5.24. The van der Waals surface area contributed by atoms with Gasteiger partial charge in [-0.3, -0.25) is 15.6 Å². The monoisotopic (exact) mass is 389 g/mol. The highest BCUT2D eigenvalue weighted by atomic mass is 35.6. The van der Waals surface area contributed by atoms with Crippen LogP contribution in [0.1, 0.15) is 0 Å². The van der Waals surface area contributed by atoms with Gasteiger partial charge in [-0.2, -0.15) is 8.42 Å². The van der Waals surface area contributed by atoms with E-state index in [1.54, 1.807) is 24.5 Å². The highest BCUT2D eigenvalue weighted by Crippen LogP contribution is 2.25. The number of nitrogens with zero attached hydrogens (tertiary/aromatic N) is 1. The zero-order valence-electron chi connectivity index (χ0n) is 10.5. The van der Waals surface area contributed by atoms with Crippen molar-refractivity contribution in [2.24, 2.45) is 4.40 Å². The van der Waals surface area contributed by atoms with Gasteiger partial charge in [-0.25, -0.2) is 0 Å². The molecular formula is C10H10Cl3N3O3S2. The topological polar surface area (TPSA) is 87.6 Å². The molecule has 21 heavy (non-hydrogen) atoms. The second-order valence-electron chi connectivity index (χ2n) is 3.47. The molecule has 0 saturated carbocycles. The first-order valence-corrected chi connectivity index (χ1v) is 9.04. The molecule has 0 aliphatic heterocycles. The van der Waals surface area contributed by atoms with E-state index in [9.17, 15) is 13.2 Å². The molecule has 0 fully saturated rings. The van der Waals surface area contributed by atoms with Crippen LogP contribution in [0.3, 0.4) is 0 Å². The molecule has 0 atom stereocenters. The molecular weight excluding hydrogens is 381 g/mol. The van der Waals surface area contributed by atoms with Crippen LogP contribution < -0.4 is 10.9 Å². The second kappa shape index (κ2) is 7.55. The Balaban J connectivity index is 2.88. The van der Waals surface area contributed by atoms with E-state index < -0.39 is 19.7 Å². The number of amides is 1. The van der Waals surface area contributed by atoms with Crippen LogP contribution in [0.25, 0.3) is 0 Å². The molecule has 1 aromatic carbocycles. The number of hydrogen-bond acceptors (Lipinski definition) is 4. The Bertz CT molecular complexity index is 630. The van der Waals surface area contributed by atoms with Crippen molar-refractivity contribution in [1.82, 2.24) is 10.9 Å². The molecule has 1 amide bonds. The van der Waals surface area contributed by atoms with Crippen molar-refractivity contribution in [3.8, 4) is 0 Å². The van der Waals surface area contributed by atoms with E-state index in [0.29, 0.717) is 0 Å². The Morgan fingerprint density at radius 1 is 1.19 bits per heavy atom. The van der Waals surface area contributed by atoms with Gasteiger partial charge in [-0.15, -0.1) is 4.40 Å². The largest absolute Gasteiger partial charge is 0.290 e. The lowest BCUT2D eigenvalue weighted by Crippen LogP contribution is -2.46. The lowest BCUT2D eigenvalue weighted by atomic mass is 10.4. The summed E-state index contributed by atoms with van der Waals surface area (Å²) >= 11 is 17.0. The molecule has 116 valence electrons. The van der Waals surface area contributed by atoms with Crippen molar-refractivity contribution in [1.29, 1.82) is 0 Å². The number of sulfonamides is 1. The number of halogens is 3. The van der Waals surface area contributed by atoms with E-state index in [2.05, 4.69) is 9.82 Å². The Morgan fingerprint density at radius 2 is 1.76 bits per heavy atom. The number of amidine groups is 1. The normalized spacial score (nSPS) is 12.9. The Hall–Kier alpha value is -0.670. The fourth-order valence-corrected chi connectivity index (χ4v) is 2.80. The van der Waals surface area contributed by atoms with Crippen LogP contribution in [0, 0.1) is 0 Å². The highest BCUT2D eigenvalue weighted by molar-refractivity contribution is 8.13. The van der Waals surface area contributed by atoms with Gasteiger partial charge in [0.1, 0.15) is 0 Å². The lowest BCUT2D eigenvalue weighted by Gasteiger charge is -2.13. The minimum Gasteiger partial charge on any atom is -0.276 e. The number of nitrogens with one attached hydrogen (secondary N) is 2. The summed E-state index contributed by atoms with van der Waals surface area (Å²) in [7, 11) is -3.90. The Morgan fingerprint density at radius 3 is 2.24 bits per heavy atom. The summed E-state index contributed by atoms with van der Waals surface area (Å²) in [6.45, 7) is 0. The Labute approximate surface area is 141 Å². The predicted molar refractivity (Wildman–Crippen MR) is 86.1 cm³/mol. The molecule has 0 spiro atoms. The standard InChI is InChI=1S/C10H10Cl3N3O3S2/c1-20-9(15-14-8(17)10(11,12)13)16-21(18,19)7-5-3-2-4-6-7/h2-6H,1H3,(H,14,17)(H,15,16). The van der Waals surface area contributed by atoms with Crippen molar-refractivity contribution in [3.63, 3.8) is 0 Å². The maximum atomic E-state index is 12.0. The van der Waals surface area contributed by atoms with E-state index in [1.807, 2.05) is 5.43 Å². The molecule has 0 bridgehead atoms. The summed E-state index contributed by atoms with van der Waals surface area (Å²) in [6, 6.07) is 7.61. The molecule has 1 rings (SSSR count). The van der Waals surface area contributed by atoms with Gasteiger partial charge in [0.25, 0.3) is 19.7 Å². The van der Waals surface area contributed by atoms with Gasteiger partial charge in [-0.1, -0.05) is 64.8 Å². The molecule has 6 nitrogen and oxygen atoms in total. The molecule has 1 aromatic rings.